The topological polar surface area (TPSA) is 436 Å². The van der Waals surface area contributed by atoms with Gasteiger partial charge in [-0.25, -0.2) is 4.18 Å². The van der Waals surface area contributed by atoms with E-state index in [9.17, 15) is 78.1 Å². The third kappa shape index (κ3) is 17.9. The normalized spacial score (nSPS) is 35.4. The first kappa shape index (κ1) is 64.7. The summed E-state index contributed by atoms with van der Waals surface area (Å²) in [4.78, 5) is 51.0. The molecule has 4 aliphatic heterocycles. The lowest BCUT2D eigenvalue weighted by atomic mass is 9.93. The summed E-state index contributed by atoms with van der Waals surface area (Å²) in [5, 5.41) is 109. The van der Waals surface area contributed by atoms with Crippen LogP contribution in [-0.2, 0) is 62.1 Å². The molecule has 29 nitrogen and oxygen atoms in total. The zero-order valence-electron chi connectivity index (χ0n) is 43.5. The molecule has 4 saturated heterocycles. The van der Waals surface area contributed by atoms with E-state index in [-0.39, 0.29) is 5.56 Å². The molecular weight excluding hydrogens is 1060 g/mol. The van der Waals surface area contributed by atoms with Crippen molar-refractivity contribution in [1.82, 2.24) is 21.3 Å². The van der Waals surface area contributed by atoms with Crippen molar-refractivity contribution < 1.29 is 120 Å². The van der Waals surface area contributed by atoms with Crippen LogP contribution in [0.15, 0.2) is 36.4 Å². The van der Waals surface area contributed by atoms with E-state index in [1.807, 2.05) is 0 Å². The molecular formula is C48H76N4O25S. The minimum atomic E-state index is -5.16. The number of aliphatic hydroxyl groups is 9. The summed E-state index contributed by atoms with van der Waals surface area (Å²) in [6.45, 7) is 1.68. The number of hydrogen-bond donors (Lipinski definition) is 14. The van der Waals surface area contributed by atoms with Gasteiger partial charge in [0.1, 0.15) is 103 Å². The van der Waals surface area contributed by atoms with E-state index in [0.29, 0.717) is 12.4 Å². The van der Waals surface area contributed by atoms with Gasteiger partial charge in [-0.3, -0.25) is 23.7 Å². The number of rotatable bonds is 27. The Kier molecular flexibility index (Phi) is 25.4. The van der Waals surface area contributed by atoms with Gasteiger partial charge in [0.05, 0.1) is 33.0 Å². The highest BCUT2D eigenvalue weighted by atomic mass is 32.3. The zero-order chi connectivity index (χ0) is 57.4. The summed E-state index contributed by atoms with van der Waals surface area (Å²) in [5.74, 6) is -2.72. The van der Waals surface area contributed by atoms with Gasteiger partial charge in [0.15, 0.2) is 25.2 Å². The third-order valence-corrected chi connectivity index (χ3v) is 13.7. The third-order valence-electron chi connectivity index (χ3n) is 13.2. The number of benzene rings is 1. The van der Waals surface area contributed by atoms with Crippen LogP contribution in [-0.4, -0.2) is 238 Å². The monoisotopic (exact) mass is 1140 g/mol. The number of allylic oxidation sites excluding steroid dienone is 2. The average Bonchev–Trinajstić information content (AvgIpc) is 3.43. The second-order valence-electron chi connectivity index (χ2n) is 19.2. The highest BCUT2D eigenvalue weighted by Gasteiger charge is 2.56. The van der Waals surface area contributed by atoms with E-state index >= 15 is 0 Å². The summed E-state index contributed by atoms with van der Waals surface area (Å²) in [7, 11) is -5.16. The number of hydrogen-bond acceptors (Lipinski definition) is 24. The van der Waals surface area contributed by atoms with Crippen molar-refractivity contribution in [1.29, 1.82) is 0 Å². The molecule has 5 rings (SSSR count). The molecule has 444 valence electrons. The number of unbranched alkanes of at least 4 members (excludes halogenated alkanes) is 5. The first-order valence-corrected chi connectivity index (χ1v) is 27.0. The van der Waals surface area contributed by atoms with E-state index in [4.69, 9.17) is 37.9 Å². The van der Waals surface area contributed by atoms with Crippen LogP contribution in [0.1, 0.15) is 83.0 Å². The Hall–Kier alpha value is -4.13. The molecule has 4 heterocycles. The van der Waals surface area contributed by atoms with Gasteiger partial charge in [-0.15, -0.1) is 0 Å². The molecule has 78 heavy (non-hydrogen) atoms. The van der Waals surface area contributed by atoms with Gasteiger partial charge >= 0.3 is 10.4 Å². The second-order valence-corrected chi connectivity index (χ2v) is 20.3. The Morgan fingerprint density at radius 2 is 1.01 bits per heavy atom. The van der Waals surface area contributed by atoms with Gasteiger partial charge in [0.25, 0.3) is 5.91 Å². The fourth-order valence-corrected chi connectivity index (χ4v) is 9.64. The maximum atomic E-state index is 13.7. The molecule has 0 aliphatic carbocycles. The average molecular weight is 1140 g/mol. The number of ether oxygens (including phenoxy) is 8. The molecule has 20 atom stereocenters. The molecule has 14 N–H and O–H groups in total. The van der Waals surface area contributed by atoms with Crippen molar-refractivity contribution in [2.75, 3.05) is 33.0 Å². The van der Waals surface area contributed by atoms with Crippen LogP contribution in [0.4, 0.5) is 0 Å². The van der Waals surface area contributed by atoms with E-state index in [1.54, 1.807) is 12.1 Å². The van der Waals surface area contributed by atoms with Crippen molar-refractivity contribution in [2.45, 2.75) is 195 Å². The Labute approximate surface area is 450 Å². The minimum Gasteiger partial charge on any atom is -0.494 e. The maximum Gasteiger partial charge on any atom is 0.397 e. The summed E-state index contributed by atoms with van der Waals surface area (Å²) in [5.41, 5.74) is 0.0808. The molecule has 30 heteroatoms. The number of carbonyl (C=O) groups excluding carboxylic acids is 4. The fraction of sp³-hybridized carbons (Fsp3) is 0.750. The predicted octanol–water partition coefficient (Wildman–Crippen LogP) is -4.37. The molecule has 10 unspecified atom stereocenters. The highest BCUT2D eigenvalue weighted by Crippen LogP contribution is 2.35. The molecule has 0 radical (unpaired) electrons. The van der Waals surface area contributed by atoms with E-state index < -0.39 is 183 Å². The number of amides is 4. The second kappa shape index (κ2) is 30.6. The van der Waals surface area contributed by atoms with Crippen molar-refractivity contribution in [2.24, 2.45) is 0 Å². The predicted molar refractivity (Wildman–Crippen MR) is 263 cm³/mol. The van der Waals surface area contributed by atoms with Gasteiger partial charge < -0.3 is 105 Å². The minimum absolute atomic E-state index is 0.0808. The van der Waals surface area contributed by atoms with Gasteiger partial charge in [0, 0.05) is 26.3 Å². The zero-order valence-corrected chi connectivity index (χ0v) is 44.3. The first-order valence-electron chi connectivity index (χ1n) is 25.6. The van der Waals surface area contributed by atoms with Crippen molar-refractivity contribution in [3.05, 3.63) is 42.0 Å². The van der Waals surface area contributed by atoms with Crippen LogP contribution in [0.3, 0.4) is 0 Å². The van der Waals surface area contributed by atoms with Crippen LogP contribution >= 0.6 is 0 Å². The fourth-order valence-electron chi connectivity index (χ4n) is 9.33. The summed E-state index contributed by atoms with van der Waals surface area (Å²) >= 11 is 0. The van der Waals surface area contributed by atoms with Crippen LogP contribution in [0.2, 0.25) is 0 Å². The van der Waals surface area contributed by atoms with Crippen molar-refractivity contribution in [3.63, 3.8) is 0 Å². The summed E-state index contributed by atoms with van der Waals surface area (Å²) < 4.78 is 83.8. The van der Waals surface area contributed by atoms with Crippen LogP contribution < -0.4 is 26.0 Å². The SMILES string of the molecule is CCCCCCC=CCCCOc1ccc(C(=O)NC2[C@H](O[C@@H]3C(CO)O[C@@H](O[C@@H]4C(CO)O[C@@H](O[C@@H]5C(COS(=O)(=O)O)O[C@@H](O)C(NC(C)=O)C5O)C(NC(C)=O)[C@H]4O)C(NC(C)=O)C3O)OC(CO)[C@@H](O)[C@@H]2O)cc1. The molecule has 0 saturated carbocycles. The highest BCUT2D eigenvalue weighted by molar-refractivity contribution is 7.80. The lowest BCUT2D eigenvalue weighted by Crippen LogP contribution is -2.71. The maximum absolute atomic E-state index is 13.7. The Morgan fingerprint density at radius 3 is 1.49 bits per heavy atom. The lowest BCUT2D eigenvalue weighted by molar-refractivity contribution is -0.361. The Balaban J connectivity index is 1.33. The van der Waals surface area contributed by atoms with Gasteiger partial charge in [-0.05, 0) is 49.9 Å². The molecule has 1 aromatic rings. The van der Waals surface area contributed by atoms with E-state index in [1.165, 1.54) is 31.4 Å². The van der Waals surface area contributed by atoms with Crippen molar-refractivity contribution in [3.8, 4) is 5.75 Å². The molecule has 0 bridgehead atoms. The Bertz CT molecular complexity index is 2200. The van der Waals surface area contributed by atoms with Crippen molar-refractivity contribution >= 4 is 34.0 Å². The van der Waals surface area contributed by atoms with Crippen LogP contribution in [0, 0.1) is 0 Å². The van der Waals surface area contributed by atoms with Crippen LogP contribution in [0.25, 0.3) is 0 Å². The molecule has 4 amide bonds. The molecule has 4 aliphatic rings. The molecule has 4 fully saturated rings. The van der Waals surface area contributed by atoms with Crippen LogP contribution in [0.5, 0.6) is 5.75 Å². The smallest absolute Gasteiger partial charge is 0.397 e. The van der Waals surface area contributed by atoms with E-state index in [0.717, 1.165) is 46.5 Å². The first-order chi connectivity index (χ1) is 37.0. The molecule has 1 aromatic carbocycles. The van der Waals surface area contributed by atoms with E-state index in [2.05, 4.69) is 44.5 Å². The quantitative estimate of drug-likeness (QED) is 0.0225. The number of nitrogens with one attached hydrogen (secondary N) is 4. The molecule has 0 aromatic heterocycles. The standard InChI is InChI=1S/C48H76N4O25S/c1-5-6-7-8-9-10-11-12-13-18-69-27-16-14-26(15-17-27)44(64)52-33-37(60)36(59)28(19-53)72-46(33)75-41-29(20-54)73-47(34(39(41)62)50-24(3)57)76-42-30(21-55)74-48(35(40(42)63)51-25(4)58)77-43-31(22-70-78(66,67)68)71-45(65)32(38(43)61)49-23(2)56/h10-11,14-17,28-43,45-48,53-55,59-63,65H,5-9,12-13,18-22H2,1-4H3,(H,49,56)(H,50,57)(H,51,58)(H,52,64)(H,66,67,68)/t28?,29?,30?,31?,32?,33?,34?,35?,36-,37-,38?,39?,40-,41-,42-,43-,45-,46+,47+,48+/m1/s1. The number of aliphatic hydroxyl groups excluding tert-OH is 9. The summed E-state index contributed by atoms with van der Waals surface area (Å²) in [6, 6.07) is -0.739. The number of carbonyl (C=O) groups is 4. The molecule has 0 spiro atoms. The summed E-state index contributed by atoms with van der Waals surface area (Å²) in [6.07, 6.45) is -17.8. The lowest BCUT2D eigenvalue weighted by Gasteiger charge is -2.51. The largest absolute Gasteiger partial charge is 0.494 e. The Morgan fingerprint density at radius 1 is 0.564 bits per heavy atom. The van der Waals surface area contributed by atoms with Gasteiger partial charge in [0.2, 0.25) is 17.7 Å². The van der Waals surface area contributed by atoms with Gasteiger partial charge in [-0.1, -0.05) is 38.3 Å². The van der Waals surface area contributed by atoms with Gasteiger partial charge in [-0.2, -0.15) is 8.42 Å².